The molecule has 104 valence electrons. The standard InChI is InChI=1S/C14H20N2O3/c1-3-7-12(14(18)19)15-10-13(17)16(2)11-8-5-4-6-9-11/h4-6,8-9,12,15H,3,7,10H2,1-2H3,(H,18,19). The third kappa shape index (κ3) is 4.71. The summed E-state index contributed by atoms with van der Waals surface area (Å²) in [5.41, 5.74) is 0.789. The van der Waals surface area contributed by atoms with Gasteiger partial charge in [-0.05, 0) is 18.6 Å². The molecule has 19 heavy (non-hydrogen) atoms. The molecule has 1 amide bonds. The van der Waals surface area contributed by atoms with E-state index in [0.29, 0.717) is 6.42 Å². The maximum Gasteiger partial charge on any atom is 0.320 e. The van der Waals surface area contributed by atoms with Crippen molar-refractivity contribution in [2.45, 2.75) is 25.8 Å². The molecule has 0 aromatic heterocycles. The molecule has 0 saturated carbocycles. The van der Waals surface area contributed by atoms with Crippen LogP contribution in [0.5, 0.6) is 0 Å². The summed E-state index contributed by atoms with van der Waals surface area (Å²) < 4.78 is 0. The summed E-state index contributed by atoms with van der Waals surface area (Å²) in [7, 11) is 1.68. The van der Waals surface area contributed by atoms with Gasteiger partial charge < -0.3 is 10.0 Å². The molecule has 0 radical (unpaired) electrons. The van der Waals surface area contributed by atoms with Crippen molar-refractivity contribution in [2.24, 2.45) is 0 Å². The van der Waals surface area contributed by atoms with E-state index in [-0.39, 0.29) is 12.5 Å². The van der Waals surface area contributed by atoms with Crippen LogP contribution in [-0.4, -0.2) is 36.6 Å². The van der Waals surface area contributed by atoms with Crippen LogP contribution in [0, 0.1) is 0 Å². The third-order valence-corrected chi connectivity index (χ3v) is 2.89. The van der Waals surface area contributed by atoms with Crippen molar-refractivity contribution >= 4 is 17.6 Å². The Morgan fingerprint density at radius 3 is 2.47 bits per heavy atom. The number of para-hydroxylation sites is 1. The van der Waals surface area contributed by atoms with Gasteiger partial charge in [0.2, 0.25) is 5.91 Å². The van der Waals surface area contributed by atoms with E-state index in [2.05, 4.69) is 5.32 Å². The second kappa shape index (κ2) is 7.53. The zero-order valence-electron chi connectivity index (χ0n) is 11.3. The Morgan fingerprint density at radius 1 is 1.32 bits per heavy atom. The lowest BCUT2D eigenvalue weighted by Gasteiger charge is -2.19. The van der Waals surface area contributed by atoms with Crippen LogP contribution in [0.15, 0.2) is 30.3 Å². The number of rotatable bonds is 7. The monoisotopic (exact) mass is 264 g/mol. The lowest BCUT2D eigenvalue weighted by atomic mass is 10.1. The molecule has 1 atom stereocenters. The Kier molecular flexibility index (Phi) is 6.02. The third-order valence-electron chi connectivity index (χ3n) is 2.89. The number of hydrogen-bond acceptors (Lipinski definition) is 3. The number of benzene rings is 1. The van der Waals surface area contributed by atoms with Crippen molar-refractivity contribution < 1.29 is 14.7 Å². The molecule has 1 rings (SSSR count). The van der Waals surface area contributed by atoms with E-state index in [9.17, 15) is 9.59 Å². The molecule has 0 saturated heterocycles. The molecule has 1 unspecified atom stereocenters. The number of anilines is 1. The van der Waals surface area contributed by atoms with Gasteiger partial charge in [-0.1, -0.05) is 31.5 Å². The molecule has 5 nitrogen and oxygen atoms in total. The summed E-state index contributed by atoms with van der Waals surface area (Å²) in [6.45, 7) is 1.93. The van der Waals surface area contributed by atoms with E-state index >= 15 is 0 Å². The Morgan fingerprint density at radius 2 is 1.95 bits per heavy atom. The Hall–Kier alpha value is -1.88. The zero-order chi connectivity index (χ0) is 14.3. The van der Waals surface area contributed by atoms with Gasteiger partial charge in [-0.15, -0.1) is 0 Å². The first-order valence-electron chi connectivity index (χ1n) is 6.34. The molecule has 5 heteroatoms. The maximum absolute atomic E-state index is 11.9. The number of hydrogen-bond donors (Lipinski definition) is 2. The molecular formula is C14H20N2O3. The maximum atomic E-state index is 11.9. The van der Waals surface area contributed by atoms with Gasteiger partial charge >= 0.3 is 5.97 Å². The minimum absolute atomic E-state index is 0.0162. The van der Waals surface area contributed by atoms with Crippen LogP contribution in [0.25, 0.3) is 0 Å². The fraction of sp³-hybridized carbons (Fsp3) is 0.429. The molecule has 0 bridgehead atoms. The summed E-state index contributed by atoms with van der Waals surface area (Å²) >= 11 is 0. The average Bonchev–Trinajstić information content (AvgIpc) is 2.42. The van der Waals surface area contributed by atoms with Crippen LogP contribution >= 0.6 is 0 Å². The van der Waals surface area contributed by atoms with Gasteiger partial charge in [0.25, 0.3) is 0 Å². The van der Waals surface area contributed by atoms with E-state index in [1.54, 1.807) is 7.05 Å². The predicted octanol–water partition coefficient (Wildman–Crippen LogP) is 1.49. The number of likely N-dealkylation sites (N-methyl/N-ethyl adjacent to an activating group) is 1. The van der Waals surface area contributed by atoms with Gasteiger partial charge in [0.1, 0.15) is 6.04 Å². The summed E-state index contributed by atoms with van der Waals surface area (Å²) in [6.07, 6.45) is 1.27. The minimum atomic E-state index is -0.919. The Balaban J connectivity index is 2.53. The topological polar surface area (TPSA) is 69.6 Å². The van der Waals surface area contributed by atoms with E-state index in [1.807, 2.05) is 37.3 Å². The van der Waals surface area contributed by atoms with Crippen LogP contribution in [0.3, 0.4) is 0 Å². The van der Waals surface area contributed by atoms with Crippen LogP contribution < -0.4 is 10.2 Å². The smallest absolute Gasteiger partial charge is 0.320 e. The molecule has 1 aromatic carbocycles. The zero-order valence-corrected chi connectivity index (χ0v) is 11.3. The second-order valence-corrected chi connectivity index (χ2v) is 4.35. The summed E-state index contributed by atoms with van der Waals surface area (Å²) in [5, 5.41) is 11.8. The van der Waals surface area contributed by atoms with Gasteiger partial charge in [0.15, 0.2) is 0 Å². The molecule has 0 spiro atoms. The summed E-state index contributed by atoms with van der Waals surface area (Å²) in [6, 6.07) is 8.57. The predicted molar refractivity (Wildman–Crippen MR) is 74.2 cm³/mol. The van der Waals surface area contributed by atoms with E-state index in [4.69, 9.17) is 5.11 Å². The second-order valence-electron chi connectivity index (χ2n) is 4.35. The molecule has 2 N–H and O–H groups in total. The normalized spacial score (nSPS) is 11.9. The number of carboxylic acid groups (broad SMARTS) is 1. The van der Waals surface area contributed by atoms with Crippen LogP contribution in [-0.2, 0) is 9.59 Å². The number of carbonyl (C=O) groups excluding carboxylic acids is 1. The minimum Gasteiger partial charge on any atom is -0.480 e. The van der Waals surface area contributed by atoms with Crippen molar-refractivity contribution in [3.05, 3.63) is 30.3 Å². The fourth-order valence-corrected chi connectivity index (χ4v) is 1.73. The lowest BCUT2D eigenvalue weighted by molar-refractivity contribution is -0.139. The Labute approximate surface area is 113 Å². The van der Waals surface area contributed by atoms with Crippen molar-refractivity contribution in [1.82, 2.24) is 5.32 Å². The molecule has 0 aliphatic heterocycles. The van der Waals surface area contributed by atoms with Crippen molar-refractivity contribution in [3.8, 4) is 0 Å². The average molecular weight is 264 g/mol. The van der Waals surface area contributed by atoms with E-state index in [0.717, 1.165) is 12.1 Å². The molecule has 0 heterocycles. The van der Waals surface area contributed by atoms with Crippen LogP contribution in [0.1, 0.15) is 19.8 Å². The number of nitrogens with zero attached hydrogens (tertiary/aromatic N) is 1. The largest absolute Gasteiger partial charge is 0.480 e. The first-order chi connectivity index (χ1) is 9.06. The van der Waals surface area contributed by atoms with E-state index < -0.39 is 12.0 Å². The van der Waals surface area contributed by atoms with E-state index in [1.165, 1.54) is 4.90 Å². The quantitative estimate of drug-likeness (QED) is 0.783. The van der Waals surface area contributed by atoms with Gasteiger partial charge in [0, 0.05) is 12.7 Å². The molecule has 0 aliphatic rings. The summed E-state index contributed by atoms with van der Waals surface area (Å²) in [5.74, 6) is -1.08. The summed E-state index contributed by atoms with van der Waals surface area (Å²) in [4.78, 5) is 24.4. The van der Waals surface area contributed by atoms with Crippen LogP contribution in [0.2, 0.25) is 0 Å². The number of carbonyl (C=O) groups is 2. The number of carboxylic acids is 1. The number of nitrogens with one attached hydrogen (secondary N) is 1. The highest BCUT2D eigenvalue weighted by Gasteiger charge is 2.18. The first-order valence-corrected chi connectivity index (χ1v) is 6.34. The molecule has 0 aliphatic carbocycles. The van der Waals surface area contributed by atoms with Gasteiger partial charge in [-0.3, -0.25) is 14.9 Å². The molecule has 0 fully saturated rings. The fourth-order valence-electron chi connectivity index (χ4n) is 1.73. The highest BCUT2D eigenvalue weighted by atomic mass is 16.4. The lowest BCUT2D eigenvalue weighted by Crippen LogP contribution is -2.43. The molecule has 1 aromatic rings. The van der Waals surface area contributed by atoms with Crippen molar-refractivity contribution in [2.75, 3.05) is 18.5 Å². The van der Waals surface area contributed by atoms with Crippen LogP contribution in [0.4, 0.5) is 5.69 Å². The Bertz CT molecular complexity index is 420. The molecular weight excluding hydrogens is 244 g/mol. The number of aliphatic carboxylic acids is 1. The first kappa shape index (κ1) is 15.2. The SMILES string of the molecule is CCCC(NCC(=O)N(C)c1ccccc1)C(=O)O. The highest BCUT2D eigenvalue weighted by Crippen LogP contribution is 2.10. The van der Waals surface area contributed by atoms with Crippen molar-refractivity contribution in [3.63, 3.8) is 0 Å². The van der Waals surface area contributed by atoms with Crippen molar-refractivity contribution in [1.29, 1.82) is 0 Å². The number of amides is 1. The van der Waals surface area contributed by atoms with Gasteiger partial charge in [0.05, 0.1) is 6.54 Å². The van der Waals surface area contributed by atoms with Gasteiger partial charge in [-0.25, -0.2) is 0 Å². The highest BCUT2D eigenvalue weighted by molar-refractivity contribution is 5.94. The van der Waals surface area contributed by atoms with Gasteiger partial charge in [-0.2, -0.15) is 0 Å².